The van der Waals surface area contributed by atoms with Crippen molar-refractivity contribution in [2.75, 3.05) is 19.8 Å². The van der Waals surface area contributed by atoms with Crippen molar-refractivity contribution in [3.63, 3.8) is 0 Å². The van der Waals surface area contributed by atoms with E-state index < -0.39 is 0 Å². The fraction of sp³-hybridized carbons (Fsp3) is 0.467. The maximum atomic E-state index is 12.9. The van der Waals surface area contributed by atoms with Crippen LogP contribution in [-0.2, 0) is 4.74 Å². The van der Waals surface area contributed by atoms with Crippen molar-refractivity contribution >= 4 is 5.91 Å². The van der Waals surface area contributed by atoms with E-state index in [1.165, 1.54) is 11.0 Å². The zero-order valence-corrected chi connectivity index (χ0v) is 12.8. The van der Waals surface area contributed by atoms with Gasteiger partial charge in [-0.25, -0.2) is 14.6 Å². The molecule has 3 heterocycles. The first-order valence-corrected chi connectivity index (χ1v) is 7.35. The normalized spacial score (nSPS) is 21.8. The number of aromatic nitrogens is 4. The number of rotatable bonds is 3. The standard InChI is InChI=1S/C15H19N5O2/c1-3-15(2)9-22-7-6-19(15)14(21)12-4-5-17-13(8-12)20-11-16-10-18-20/h4-5,8,10-11H,3,6-7,9H2,1-2H3. The fourth-order valence-electron chi connectivity index (χ4n) is 2.59. The molecule has 0 radical (unpaired) electrons. The molecule has 1 saturated heterocycles. The molecule has 1 atom stereocenters. The Morgan fingerprint density at radius 1 is 1.50 bits per heavy atom. The van der Waals surface area contributed by atoms with Crippen LogP contribution in [0.5, 0.6) is 0 Å². The molecule has 2 aromatic heterocycles. The Morgan fingerprint density at radius 2 is 2.36 bits per heavy atom. The van der Waals surface area contributed by atoms with Crippen molar-refractivity contribution in [1.29, 1.82) is 0 Å². The third-order valence-electron chi connectivity index (χ3n) is 4.18. The summed E-state index contributed by atoms with van der Waals surface area (Å²) in [6.45, 7) is 5.87. The van der Waals surface area contributed by atoms with Gasteiger partial charge in [-0.05, 0) is 25.5 Å². The van der Waals surface area contributed by atoms with Crippen molar-refractivity contribution < 1.29 is 9.53 Å². The summed E-state index contributed by atoms with van der Waals surface area (Å²) in [4.78, 5) is 22.9. The Balaban J connectivity index is 1.90. The van der Waals surface area contributed by atoms with E-state index in [0.717, 1.165) is 6.42 Å². The van der Waals surface area contributed by atoms with E-state index in [-0.39, 0.29) is 11.4 Å². The Bertz CT molecular complexity index is 658. The summed E-state index contributed by atoms with van der Waals surface area (Å²) in [6, 6.07) is 3.47. The molecule has 0 aliphatic carbocycles. The second kappa shape index (κ2) is 5.84. The molecular formula is C15H19N5O2. The number of nitrogens with zero attached hydrogens (tertiary/aromatic N) is 5. The van der Waals surface area contributed by atoms with E-state index in [0.29, 0.717) is 31.1 Å². The minimum atomic E-state index is -0.272. The quantitative estimate of drug-likeness (QED) is 0.854. The number of pyridine rings is 1. The first kappa shape index (κ1) is 14.6. The number of hydrogen-bond acceptors (Lipinski definition) is 5. The average Bonchev–Trinajstić information content (AvgIpc) is 3.09. The molecule has 0 saturated carbocycles. The lowest BCUT2D eigenvalue weighted by Gasteiger charge is -2.44. The molecule has 0 N–H and O–H groups in total. The number of carbonyl (C=O) groups is 1. The van der Waals surface area contributed by atoms with Crippen LogP contribution < -0.4 is 0 Å². The van der Waals surface area contributed by atoms with Gasteiger partial charge in [0.05, 0.1) is 18.8 Å². The van der Waals surface area contributed by atoms with Crippen LogP contribution in [0, 0.1) is 0 Å². The van der Waals surface area contributed by atoms with Crippen LogP contribution in [-0.4, -0.2) is 55.9 Å². The van der Waals surface area contributed by atoms with Gasteiger partial charge in [0, 0.05) is 18.3 Å². The Kier molecular flexibility index (Phi) is 3.89. The van der Waals surface area contributed by atoms with Gasteiger partial charge in [-0.2, -0.15) is 5.10 Å². The third-order valence-corrected chi connectivity index (χ3v) is 4.18. The predicted molar refractivity (Wildman–Crippen MR) is 79.7 cm³/mol. The van der Waals surface area contributed by atoms with Gasteiger partial charge in [-0.15, -0.1) is 0 Å². The summed E-state index contributed by atoms with van der Waals surface area (Å²) >= 11 is 0. The van der Waals surface area contributed by atoms with Gasteiger partial charge in [-0.3, -0.25) is 4.79 Å². The summed E-state index contributed by atoms with van der Waals surface area (Å²) < 4.78 is 7.08. The topological polar surface area (TPSA) is 73.1 Å². The summed E-state index contributed by atoms with van der Waals surface area (Å²) in [6.07, 6.45) is 5.46. The van der Waals surface area contributed by atoms with E-state index >= 15 is 0 Å². The lowest BCUT2D eigenvalue weighted by molar-refractivity contribution is -0.0465. The molecule has 1 amide bonds. The largest absolute Gasteiger partial charge is 0.377 e. The van der Waals surface area contributed by atoms with Crippen LogP contribution in [0.4, 0.5) is 0 Å². The van der Waals surface area contributed by atoms with Crippen molar-refractivity contribution in [3.05, 3.63) is 36.5 Å². The van der Waals surface area contributed by atoms with E-state index in [4.69, 9.17) is 4.74 Å². The van der Waals surface area contributed by atoms with Crippen LogP contribution >= 0.6 is 0 Å². The van der Waals surface area contributed by atoms with Crippen molar-refractivity contribution in [1.82, 2.24) is 24.6 Å². The van der Waals surface area contributed by atoms with Crippen molar-refractivity contribution in [2.45, 2.75) is 25.8 Å². The summed E-state index contributed by atoms with van der Waals surface area (Å²) in [5, 5.41) is 4.04. The Morgan fingerprint density at radius 3 is 3.09 bits per heavy atom. The molecule has 0 spiro atoms. The molecule has 2 aromatic rings. The molecule has 1 aliphatic rings. The second-order valence-electron chi connectivity index (χ2n) is 5.60. The molecule has 0 aromatic carbocycles. The van der Waals surface area contributed by atoms with Gasteiger partial charge in [-0.1, -0.05) is 6.92 Å². The third kappa shape index (κ3) is 2.59. The zero-order chi connectivity index (χ0) is 15.6. The highest BCUT2D eigenvalue weighted by Crippen LogP contribution is 2.25. The summed E-state index contributed by atoms with van der Waals surface area (Å²) in [5.74, 6) is 0.575. The highest BCUT2D eigenvalue weighted by Gasteiger charge is 2.37. The molecule has 116 valence electrons. The highest BCUT2D eigenvalue weighted by atomic mass is 16.5. The number of hydrogen-bond donors (Lipinski definition) is 0. The SMILES string of the molecule is CCC1(C)COCCN1C(=O)c1ccnc(-n2cncn2)c1. The molecule has 1 unspecified atom stereocenters. The fourth-order valence-corrected chi connectivity index (χ4v) is 2.59. The summed E-state index contributed by atoms with van der Waals surface area (Å²) in [5.41, 5.74) is 0.327. The molecule has 22 heavy (non-hydrogen) atoms. The van der Waals surface area contributed by atoms with Crippen LogP contribution in [0.15, 0.2) is 31.0 Å². The zero-order valence-electron chi connectivity index (χ0n) is 12.8. The summed E-state index contributed by atoms with van der Waals surface area (Å²) in [7, 11) is 0. The number of morpholine rings is 1. The van der Waals surface area contributed by atoms with Gasteiger partial charge < -0.3 is 9.64 Å². The highest BCUT2D eigenvalue weighted by molar-refractivity contribution is 5.95. The smallest absolute Gasteiger partial charge is 0.254 e. The van der Waals surface area contributed by atoms with E-state index in [1.54, 1.807) is 24.7 Å². The van der Waals surface area contributed by atoms with Crippen LogP contribution in [0.2, 0.25) is 0 Å². The molecular weight excluding hydrogens is 282 g/mol. The molecule has 1 aliphatic heterocycles. The molecule has 0 bridgehead atoms. The average molecular weight is 301 g/mol. The maximum absolute atomic E-state index is 12.9. The lowest BCUT2D eigenvalue weighted by Crippen LogP contribution is -2.57. The minimum absolute atomic E-state index is 0.00332. The van der Waals surface area contributed by atoms with Crippen LogP contribution in [0.3, 0.4) is 0 Å². The van der Waals surface area contributed by atoms with Crippen LogP contribution in [0.1, 0.15) is 30.6 Å². The minimum Gasteiger partial charge on any atom is -0.377 e. The predicted octanol–water partition coefficient (Wildman–Crippen LogP) is 1.30. The number of ether oxygens (including phenoxy) is 1. The molecule has 7 nitrogen and oxygen atoms in total. The van der Waals surface area contributed by atoms with Gasteiger partial charge in [0.15, 0.2) is 5.82 Å². The van der Waals surface area contributed by atoms with E-state index in [1.807, 2.05) is 4.90 Å². The Labute approximate surface area is 128 Å². The monoisotopic (exact) mass is 301 g/mol. The molecule has 3 rings (SSSR count). The number of amides is 1. The van der Waals surface area contributed by atoms with Gasteiger partial charge in [0.2, 0.25) is 0 Å². The Hall–Kier alpha value is -2.28. The van der Waals surface area contributed by atoms with Gasteiger partial charge in [0.1, 0.15) is 12.7 Å². The first-order valence-electron chi connectivity index (χ1n) is 7.35. The van der Waals surface area contributed by atoms with E-state index in [2.05, 4.69) is 28.9 Å². The van der Waals surface area contributed by atoms with Gasteiger partial charge in [0.25, 0.3) is 5.91 Å². The van der Waals surface area contributed by atoms with Gasteiger partial charge >= 0.3 is 0 Å². The first-order chi connectivity index (χ1) is 10.6. The van der Waals surface area contributed by atoms with Crippen molar-refractivity contribution in [2.24, 2.45) is 0 Å². The van der Waals surface area contributed by atoms with Crippen LogP contribution in [0.25, 0.3) is 5.82 Å². The lowest BCUT2D eigenvalue weighted by atomic mass is 9.95. The van der Waals surface area contributed by atoms with Crippen molar-refractivity contribution in [3.8, 4) is 5.82 Å². The number of carbonyl (C=O) groups excluding carboxylic acids is 1. The second-order valence-corrected chi connectivity index (χ2v) is 5.60. The maximum Gasteiger partial charge on any atom is 0.254 e. The molecule has 1 fully saturated rings. The van der Waals surface area contributed by atoms with E-state index in [9.17, 15) is 4.79 Å². The molecule has 7 heteroatoms.